The van der Waals surface area contributed by atoms with E-state index in [0.29, 0.717) is 28.8 Å². The van der Waals surface area contributed by atoms with Crippen LogP contribution in [0.25, 0.3) is 22.2 Å². The van der Waals surface area contributed by atoms with Gasteiger partial charge >= 0.3 is 0 Å². The van der Waals surface area contributed by atoms with Crippen molar-refractivity contribution in [1.29, 1.82) is 0 Å². The van der Waals surface area contributed by atoms with Gasteiger partial charge in [0.25, 0.3) is 0 Å². The van der Waals surface area contributed by atoms with Crippen molar-refractivity contribution in [3.8, 4) is 22.8 Å². The van der Waals surface area contributed by atoms with Crippen molar-refractivity contribution in [3.05, 3.63) is 77.3 Å². The van der Waals surface area contributed by atoms with E-state index in [0.717, 1.165) is 22.9 Å². The number of methoxy groups -OCH3 is 1. The number of hydrogen-bond donors (Lipinski definition) is 1. The maximum Gasteiger partial charge on any atom is 0.221 e. The first-order valence-electron chi connectivity index (χ1n) is 9.22. The van der Waals surface area contributed by atoms with Gasteiger partial charge in [-0.15, -0.1) is 0 Å². The molecule has 0 aliphatic carbocycles. The summed E-state index contributed by atoms with van der Waals surface area (Å²) in [6.07, 6.45) is 0.799. The van der Waals surface area contributed by atoms with Gasteiger partial charge in [0.05, 0.1) is 24.9 Å². The highest BCUT2D eigenvalue weighted by molar-refractivity contribution is 6.31. The molecular formula is C23H20ClN3O2. The third kappa shape index (κ3) is 4.25. The Kier molecular flexibility index (Phi) is 5.49. The van der Waals surface area contributed by atoms with Gasteiger partial charge in [-0.1, -0.05) is 41.9 Å². The molecule has 0 fully saturated rings. The molecule has 6 heteroatoms. The minimum atomic E-state index is 0.206. The van der Waals surface area contributed by atoms with Crippen LogP contribution in [0.1, 0.15) is 5.56 Å². The van der Waals surface area contributed by atoms with Crippen molar-refractivity contribution in [2.24, 2.45) is 0 Å². The number of halogens is 1. The lowest BCUT2D eigenvalue weighted by atomic mass is 10.1. The molecule has 0 unspecified atom stereocenters. The minimum Gasteiger partial charge on any atom is -0.493 e. The van der Waals surface area contributed by atoms with Gasteiger partial charge in [0, 0.05) is 22.4 Å². The first-order valence-corrected chi connectivity index (χ1v) is 9.60. The van der Waals surface area contributed by atoms with Crippen molar-refractivity contribution < 1.29 is 9.47 Å². The largest absolute Gasteiger partial charge is 0.493 e. The van der Waals surface area contributed by atoms with Gasteiger partial charge in [0.1, 0.15) is 0 Å². The van der Waals surface area contributed by atoms with Crippen molar-refractivity contribution in [2.45, 2.75) is 6.42 Å². The number of benzene rings is 3. The molecule has 2 N–H and O–H groups in total. The predicted molar refractivity (Wildman–Crippen MR) is 117 cm³/mol. The maximum absolute atomic E-state index is 6.19. The summed E-state index contributed by atoms with van der Waals surface area (Å²) in [5.74, 6) is 1.51. The number of nitrogens with two attached hydrogens (primary N) is 1. The molecule has 1 heterocycles. The van der Waals surface area contributed by atoms with Crippen molar-refractivity contribution in [2.75, 3.05) is 19.5 Å². The SMILES string of the molecule is COc1ccc(-c2nc(N)nc3ccc(Cl)cc23)cc1OCCc1ccccc1. The number of anilines is 1. The second-order valence-electron chi connectivity index (χ2n) is 6.54. The van der Waals surface area contributed by atoms with Crippen molar-refractivity contribution in [1.82, 2.24) is 9.97 Å². The van der Waals surface area contributed by atoms with Crippen LogP contribution < -0.4 is 15.2 Å². The van der Waals surface area contributed by atoms with Gasteiger partial charge in [-0.05, 0) is 42.0 Å². The molecule has 0 atom stereocenters. The Hall–Kier alpha value is -3.31. The van der Waals surface area contributed by atoms with E-state index in [4.69, 9.17) is 26.8 Å². The standard InChI is InChI=1S/C23H20ClN3O2/c1-28-20-10-7-16(13-21(20)29-12-11-15-5-3-2-4-6-15)22-18-14-17(24)8-9-19(18)26-23(25)27-22/h2-10,13-14H,11-12H2,1H3,(H2,25,26,27). The predicted octanol–water partition coefficient (Wildman–Crippen LogP) is 5.16. The Bertz CT molecular complexity index is 1150. The molecule has 0 aliphatic heterocycles. The molecule has 1 aromatic heterocycles. The van der Waals surface area contributed by atoms with Gasteiger partial charge in [-0.2, -0.15) is 0 Å². The van der Waals surface area contributed by atoms with Crippen LogP contribution in [0.4, 0.5) is 5.95 Å². The molecular weight excluding hydrogens is 386 g/mol. The van der Waals surface area contributed by atoms with Crippen LogP contribution in [-0.4, -0.2) is 23.7 Å². The van der Waals surface area contributed by atoms with Crippen LogP contribution >= 0.6 is 11.6 Å². The number of fused-ring (bicyclic) bond motifs is 1. The highest BCUT2D eigenvalue weighted by atomic mass is 35.5. The third-order valence-corrected chi connectivity index (χ3v) is 4.84. The molecule has 146 valence electrons. The molecule has 0 aliphatic rings. The number of hydrogen-bond acceptors (Lipinski definition) is 5. The maximum atomic E-state index is 6.19. The summed E-state index contributed by atoms with van der Waals surface area (Å²) in [6.45, 7) is 0.530. The number of nitrogens with zero attached hydrogens (tertiary/aromatic N) is 2. The number of nitrogen functional groups attached to an aromatic ring is 1. The van der Waals surface area contributed by atoms with Crippen LogP contribution in [0, 0.1) is 0 Å². The van der Waals surface area contributed by atoms with Crippen LogP contribution in [-0.2, 0) is 6.42 Å². The average Bonchev–Trinajstić information content (AvgIpc) is 2.74. The monoisotopic (exact) mass is 405 g/mol. The summed E-state index contributed by atoms with van der Waals surface area (Å²) in [5, 5.41) is 1.44. The van der Waals surface area contributed by atoms with Gasteiger partial charge in [-0.25, -0.2) is 9.97 Å². The van der Waals surface area contributed by atoms with E-state index in [9.17, 15) is 0 Å². The Morgan fingerprint density at radius 1 is 0.931 bits per heavy atom. The van der Waals surface area contributed by atoms with Gasteiger partial charge in [-0.3, -0.25) is 0 Å². The van der Waals surface area contributed by atoms with Crippen LogP contribution in [0.2, 0.25) is 5.02 Å². The number of ether oxygens (including phenoxy) is 2. The lowest BCUT2D eigenvalue weighted by Gasteiger charge is -2.13. The Balaban J connectivity index is 1.68. The highest BCUT2D eigenvalue weighted by Gasteiger charge is 2.13. The molecule has 5 nitrogen and oxygen atoms in total. The Labute approximate surface area is 174 Å². The molecule has 29 heavy (non-hydrogen) atoms. The first kappa shape index (κ1) is 19.0. The van der Waals surface area contributed by atoms with E-state index >= 15 is 0 Å². The normalized spacial score (nSPS) is 10.8. The molecule has 0 bridgehead atoms. The quantitative estimate of drug-likeness (QED) is 0.479. The highest BCUT2D eigenvalue weighted by Crippen LogP contribution is 2.35. The molecule has 0 saturated carbocycles. The summed E-state index contributed by atoms with van der Waals surface area (Å²) in [6, 6.07) is 21.4. The third-order valence-electron chi connectivity index (χ3n) is 4.60. The van der Waals surface area contributed by atoms with E-state index in [-0.39, 0.29) is 5.95 Å². The topological polar surface area (TPSA) is 70.3 Å². The number of aromatic nitrogens is 2. The van der Waals surface area contributed by atoms with Crippen molar-refractivity contribution in [3.63, 3.8) is 0 Å². The fourth-order valence-electron chi connectivity index (χ4n) is 3.20. The summed E-state index contributed by atoms with van der Waals surface area (Å²) < 4.78 is 11.5. The van der Waals surface area contributed by atoms with E-state index in [1.54, 1.807) is 13.2 Å². The molecule has 4 aromatic rings. The fourth-order valence-corrected chi connectivity index (χ4v) is 3.37. The zero-order valence-electron chi connectivity index (χ0n) is 15.9. The van der Waals surface area contributed by atoms with E-state index in [1.165, 1.54) is 5.56 Å². The second kappa shape index (κ2) is 8.37. The first-order chi connectivity index (χ1) is 14.1. The zero-order chi connectivity index (χ0) is 20.2. The van der Waals surface area contributed by atoms with E-state index in [2.05, 4.69) is 22.1 Å². The zero-order valence-corrected chi connectivity index (χ0v) is 16.7. The summed E-state index contributed by atoms with van der Waals surface area (Å²) in [4.78, 5) is 8.74. The van der Waals surface area contributed by atoms with Gasteiger partial charge in [0.2, 0.25) is 5.95 Å². The van der Waals surface area contributed by atoms with E-state index < -0.39 is 0 Å². The second-order valence-corrected chi connectivity index (χ2v) is 6.98. The molecule has 0 radical (unpaired) electrons. The lowest BCUT2D eigenvalue weighted by Crippen LogP contribution is -2.03. The molecule has 0 saturated heterocycles. The molecule has 3 aromatic carbocycles. The Morgan fingerprint density at radius 2 is 1.76 bits per heavy atom. The van der Waals surface area contributed by atoms with Crippen molar-refractivity contribution >= 4 is 28.5 Å². The number of rotatable bonds is 6. The molecule has 4 rings (SSSR count). The van der Waals surface area contributed by atoms with Gasteiger partial charge < -0.3 is 15.2 Å². The molecule has 0 spiro atoms. The summed E-state index contributed by atoms with van der Waals surface area (Å²) in [5.41, 5.74) is 9.43. The van der Waals surface area contributed by atoms with Gasteiger partial charge in [0.15, 0.2) is 11.5 Å². The average molecular weight is 406 g/mol. The molecule has 0 amide bonds. The fraction of sp³-hybridized carbons (Fsp3) is 0.130. The minimum absolute atomic E-state index is 0.206. The van der Waals surface area contributed by atoms with E-state index in [1.807, 2.05) is 48.5 Å². The Morgan fingerprint density at radius 3 is 2.55 bits per heavy atom. The van der Waals surface area contributed by atoms with Crippen LogP contribution in [0.15, 0.2) is 66.7 Å². The lowest BCUT2D eigenvalue weighted by molar-refractivity contribution is 0.298. The van der Waals surface area contributed by atoms with Crippen LogP contribution in [0.5, 0.6) is 11.5 Å². The summed E-state index contributed by atoms with van der Waals surface area (Å²) in [7, 11) is 1.62. The van der Waals surface area contributed by atoms with Crippen LogP contribution in [0.3, 0.4) is 0 Å². The summed E-state index contributed by atoms with van der Waals surface area (Å²) >= 11 is 6.19. The smallest absolute Gasteiger partial charge is 0.221 e.